The molecule has 0 spiro atoms. The molecule has 7 nitrogen and oxygen atoms in total. The quantitative estimate of drug-likeness (QED) is 0.430. The summed E-state index contributed by atoms with van der Waals surface area (Å²) < 4.78 is 11.6. The molecule has 148 valence electrons. The minimum atomic E-state index is -1.82. The monoisotopic (exact) mass is 369 g/mol. The molecular weight excluding hydrogens is 338 g/mol. The summed E-state index contributed by atoms with van der Waals surface area (Å²) in [4.78, 5) is 18.2. The number of carboxylic acids is 2. The Bertz CT molecular complexity index is 521. The highest BCUT2D eigenvalue weighted by molar-refractivity contribution is 6.27. The van der Waals surface area contributed by atoms with Gasteiger partial charge in [0.25, 0.3) is 0 Å². The molecule has 1 aromatic rings. The summed E-state index contributed by atoms with van der Waals surface area (Å²) in [6.07, 6.45) is 3.53. The third-order valence-corrected chi connectivity index (χ3v) is 3.33. The van der Waals surface area contributed by atoms with Gasteiger partial charge in [-0.2, -0.15) is 0 Å². The van der Waals surface area contributed by atoms with Gasteiger partial charge in [-0.15, -0.1) is 0 Å². The van der Waals surface area contributed by atoms with E-state index in [1.807, 2.05) is 38.1 Å². The van der Waals surface area contributed by atoms with Crippen LogP contribution in [0, 0.1) is 0 Å². The van der Waals surface area contributed by atoms with E-state index in [0.29, 0.717) is 6.04 Å². The van der Waals surface area contributed by atoms with Crippen LogP contribution in [0.1, 0.15) is 47.0 Å². The van der Waals surface area contributed by atoms with Crippen LogP contribution in [-0.4, -0.2) is 47.4 Å². The minimum absolute atomic E-state index is 0.166. The van der Waals surface area contributed by atoms with Crippen molar-refractivity contribution in [2.45, 2.75) is 59.1 Å². The van der Waals surface area contributed by atoms with E-state index in [-0.39, 0.29) is 6.10 Å². The van der Waals surface area contributed by atoms with E-state index >= 15 is 0 Å². The maximum absolute atomic E-state index is 9.10. The first-order chi connectivity index (χ1) is 12.3. The SMILES string of the molecule is CCC(C)NCCCCOc1ccccc1OC(C)C.O=C(O)C(=O)O. The topological polar surface area (TPSA) is 105 Å². The average molecular weight is 369 g/mol. The van der Waals surface area contributed by atoms with Crippen LogP contribution in [0.2, 0.25) is 0 Å². The van der Waals surface area contributed by atoms with Crippen LogP contribution in [0.4, 0.5) is 0 Å². The van der Waals surface area contributed by atoms with Gasteiger partial charge in [-0.05, 0) is 58.7 Å². The van der Waals surface area contributed by atoms with Crippen molar-refractivity contribution in [1.82, 2.24) is 5.32 Å². The number of unbranched alkanes of at least 4 members (excludes halogenated alkanes) is 1. The summed E-state index contributed by atoms with van der Waals surface area (Å²) in [5.41, 5.74) is 0. The van der Waals surface area contributed by atoms with Crippen LogP contribution in [0.15, 0.2) is 24.3 Å². The Labute approximate surface area is 155 Å². The summed E-state index contributed by atoms with van der Waals surface area (Å²) in [7, 11) is 0. The fraction of sp³-hybridized carbons (Fsp3) is 0.579. The van der Waals surface area contributed by atoms with Crippen molar-refractivity contribution in [3.05, 3.63) is 24.3 Å². The lowest BCUT2D eigenvalue weighted by Gasteiger charge is -2.15. The molecule has 1 aromatic carbocycles. The molecule has 0 aliphatic rings. The highest BCUT2D eigenvalue weighted by atomic mass is 16.5. The zero-order chi connectivity index (χ0) is 19.9. The molecule has 0 bridgehead atoms. The number of aliphatic carboxylic acids is 2. The number of carboxylic acid groups (broad SMARTS) is 2. The maximum Gasteiger partial charge on any atom is 0.414 e. The van der Waals surface area contributed by atoms with Crippen LogP contribution >= 0.6 is 0 Å². The second kappa shape index (κ2) is 13.9. The standard InChI is InChI=1S/C17H29NO2.C2H2O4/c1-5-15(4)18-12-8-9-13-19-16-10-6-7-11-17(16)20-14(2)3;3-1(4)2(5)6/h6-7,10-11,14-15,18H,5,8-9,12-13H2,1-4H3;(H,3,4)(H,5,6). The van der Waals surface area contributed by atoms with Crippen LogP contribution in [-0.2, 0) is 9.59 Å². The molecule has 26 heavy (non-hydrogen) atoms. The van der Waals surface area contributed by atoms with E-state index in [2.05, 4.69) is 19.2 Å². The first-order valence-corrected chi connectivity index (χ1v) is 8.86. The summed E-state index contributed by atoms with van der Waals surface area (Å²) >= 11 is 0. The zero-order valence-electron chi connectivity index (χ0n) is 16.0. The number of benzene rings is 1. The van der Waals surface area contributed by atoms with Crippen molar-refractivity contribution in [3.63, 3.8) is 0 Å². The number of ether oxygens (including phenoxy) is 2. The van der Waals surface area contributed by atoms with Gasteiger partial charge in [0.2, 0.25) is 0 Å². The minimum Gasteiger partial charge on any atom is -0.490 e. The number of hydrogen-bond acceptors (Lipinski definition) is 5. The van der Waals surface area contributed by atoms with Crippen LogP contribution in [0.25, 0.3) is 0 Å². The maximum atomic E-state index is 9.10. The van der Waals surface area contributed by atoms with E-state index < -0.39 is 11.9 Å². The third-order valence-electron chi connectivity index (χ3n) is 3.33. The van der Waals surface area contributed by atoms with Crippen molar-refractivity contribution in [3.8, 4) is 11.5 Å². The van der Waals surface area contributed by atoms with Gasteiger partial charge >= 0.3 is 11.9 Å². The Morgan fingerprint density at radius 3 is 2.12 bits per heavy atom. The molecule has 0 saturated heterocycles. The van der Waals surface area contributed by atoms with Gasteiger partial charge < -0.3 is 25.0 Å². The second-order valence-corrected chi connectivity index (χ2v) is 6.04. The van der Waals surface area contributed by atoms with E-state index in [1.54, 1.807) is 0 Å². The van der Waals surface area contributed by atoms with Gasteiger partial charge in [-0.1, -0.05) is 19.1 Å². The molecular formula is C19H31NO6. The molecule has 0 heterocycles. The lowest BCUT2D eigenvalue weighted by Crippen LogP contribution is -2.26. The number of para-hydroxylation sites is 2. The molecule has 3 N–H and O–H groups in total. The Morgan fingerprint density at radius 1 is 1.04 bits per heavy atom. The van der Waals surface area contributed by atoms with Crippen LogP contribution in [0.3, 0.4) is 0 Å². The van der Waals surface area contributed by atoms with E-state index in [0.717, 1.165) is 37.5 Å². The molecule has 7 heteroatoms. The van der Waals surface area contributed by atoms with Crippen molar-refractivity contribution >= 4 is 11.9 Å². The highest BCUT2D eigenvalue weighted by Crippen LogP contribution is 2.27. The Balaban J connectivity index is 0.000000896. The normalized spacial score (nSPS) is 11.3. The van der Waals surface area contributed by atoms with Gasteiger partial charge in [-0.25, -0.2) is 9.59 Å². The molecule has 0 fully saturated rings. The highest BCUT2D eigenvalue weighted by Gasteiger charge is 2.06. The third kappa shape index (κ3) is 12.1. The van der Waals surface area contributed by atoms with Gasteiger partial charge in [0, 0.05) is 6.04 Å². The lowest BCUT2D eigenvalue weighted by molar-refractivity contribution is -0.159. The van der Waals surface area contributed by atoms with Crippen molar-refractivity contribution < 1.29 is 29.3 Å². The number of hydrogen-bond donors (Lipinski definition) is 3. The zero-order valence-corrected chi connectivity index (χ0v) is 16.0. The van der Waals surface area contributed by atoms with Gasteiger partial charge in [-0.3, -0.25) is 0 Å². The molecule has 1 unspecified atom stereocenters. The van der Waals surface area contributed by atoms with Crippen molar-refractivity contribution in [2.24, 2.45) is 0 Å². The summed E-state index contributed by atoms with van der Waals surface area (Å²) in [5.74, 6) is -1.97. The number of nitrogens with one attached hydrogen (secondary N) is 1. The van der Waals surface area contributed by atoms with Gasteiger partial charge in [0.15, 0.2) is 11.5 Å². The Kier molecular flexibility index (Phi) is 12.7. The molecule has 0 aliphatic heterocycles. The van der Waals surface area contributed by atoms with E-state index in [1.165, 1.54) is 6.42 Å². The molecule has 0 radical (unpaired) electrons. The van der Waals surface area contributed by atoms with Crippen molar-refractivity contribution in [1.29, 1.82) is 0 Å². The lowest BCUT2D eigenvalue weighted by atomic mass is 10.2. The predicted octanol–water partition coefficient (Wildman–Crippen LogP) is 3.18. The number of carbonyl (C=O) groups is 2. The van der Waals surface area contributed by atoms with Crippen LogP contribution < -0.4 is 14.8 Å². The fourth-order valence-electron chi connectivity index (χ4n) is 1.82. The molecule has 1 atom stereocenters. The summed E-state index contributed by atoms with van der Waals surface area (Å²) in [5, 5.41) is 18.3. The predicted molar refractivity (Wildman–Crippen MR) is 100.0 cm³/mol. The second-order valence-electron chi connectivity index (χ2n) is 6.04. The van der Waals surface area contributed by atoms with Gasteiger partial charge in [0.05, 0.1) is 12.7 Å². The Morgan fingerprint density at radius 2 is 1.62 bits per heavy atom. The summed E-state index contributed by atoms with van der Waals surface area (Å²) in [6, 6.07) is 8.49. The van der Waals surface area contributed by atoms with E-state index in [9.17, 15) is 0 Å². The van der Waals surface area contributed by atoms with Gasteiger partial charge in [0.1, 0.15) is 0 Å². The largest absolute Gasteiger partial charge is 0.490 e. The molecule has 0 aromatic heterocycles. The Hall–Kier alpha value is -2.28. The molecule has 0 amide bonds. The van der Waals surface area contributed by atoms with Crippen molar-refractivity contribution in [2.75, 3.05) is 13.2 Å². The summed E-state index contributed by atoms with van der Waals surface area (Å²) in [6.45, 7) is 10.3. The van der Waals surface area contributed by atoms with E-state index in [4.69, 9.17) is 29.3 Å². The molecule has 0 aliphatic carbocycles. The first kappa shape index (κ1) is 23.7. The fourth-order valence-corrected chi connectivity index (χ4v) is 1.82. The average Bonchev–Trinajstić information content (AvgIpc) is 2.59. The smallest absolute Gasteiger partial charge is 0.414 e. The first-order valence-electron chi connectivity index (χ1n) is 8.86. The molecule has 1 rings (SSSR count). The van der Waals surface area contributed by atoms with Crippen LogP contribution in [0.5, 0.6) is 11.5 Å². The molecule has 0 saturated carbocycles. The number of rotatable bonds is 10.